The molecule has 0 radical (unpaired) electrons. The summed E-state index contributed by atoms with van der Waals surface area (Å²) in [6.45, 7) is 0.133. The van der Waals surface area contributed by atoms with Gasteiger partial charge in [-0.25, -0.2) is 0 Å². The first kappa shape index (κ1) is 14.5. The smallest absolute Gasteiger partial charge is 0.254 e. The molecule has 0 spiro atoms. The van der Waals surface area contributed by atoms with Gasteiger partial charge in [0.2, 0.25) is 12.5 Å². The first-order valence-electron chi connectivity index (χ1n) is 8.25. The molecule has 5 rings (SSSR count). The predicted octanol–water partition coefficient (Wildman–Crippen LogP) is 1.56. The molecule has 1 saturated heterocycles. The first-order valence-corrected chi connectivity index (χ1v) is 8.25. The molecule has 2 bridgehead atoms. The number of methoxy groups -OCH3 is 1. The SMILES string of the molecule is COc1cc(C=NN2C(=O)C3C4C=CC(C4)C3C2=O)cc2c1OCO2. The Morgan fingerprint density at radius 3 is 2.56 bits per heavy atom. The molecule has 0 N–H and O–H groups in total. The van der Waals surface area contributed by atoms with E-state index in [0.717, 1.165) is 11.4 Å². The van der Waals surface area contributed by atoms with Gasteiger partial charge in [-0.05, 0) is 30.4 Å². The number of hydrogen-bond acceptors (Lipinski definition) is 6. The van der Waals surface area contributed by atoms with E-state index in [4.69, 9.17) is 14.2 Å². The van der Waals surface area contributed by atoms with E-state index in [1.807, 2.05) is 0 Å². The topological polar surface area (TPSA) is 77.4 Å². The van der Waals surface area contributed by atoms with Crippen LogP contribution in [0.2, 0.25) is 0 Å². The molecule has 128 valence electrons. The molecule has 4 aliphatic rings. The van der Waals surface area contributed by atoms with Gasteiger partial charge in [0.1, 0.15) is 0 Å². The van der Waals surface area contributed by atoms with Crippen molar-refractivity contribution in [3.63, 3.8) is 0 Å². The van der Waals surface area contributed by atoms with Gasteiger partial charge < -0.3 is 14.2 Å². The highest BCUT2D eigenvalue weighted by Crippen LogP contribution is 2.52. The van der Waals surface area contributed by atoms with Crippen LogP contribution in [0, 0.1) is 23.7 Å². The van der Waals surface area contributed by atoms with E-state index >= 15 is 0 Å². The highest BCUT2D eigenvalue weighted by atomic mass is 16.7. The number of benzene rings is 1. The van der Waals surface area contributed by atoms with Crippen molar-refractivity contribution >= 4 is 18.0 Å². The molecule has 2 heterocycles. The average molecular weight is 340 g/mol. The Bertz CT molecular complexity index is 816. The number of imide groups is 1. The summed E-state index contributed by atoms with van der Waals surface area (Å²) < 4.78 is 16.0. The fraction of sp³-hybridized carbons (Fsp3) is 0.389. The second-order valence-electron chi connectivity index (χ2n) is 6.69. The third-order valence-electron chi connectivity index (χ3n) is 5.45. The number of hydrogen-bond donors (Lipinski definition) is 0. The van der Waals surface area contributed by atoms with E-state index in [-0.39, 0.29) is 42.3 Å². The van der Waals surface area contributed by atoms with Gasteiger partial charge in [0.15, 0.2) is 11.5 Å². The largest absolute Gasteiger partial charge is 0.493 e. The molecule has 1 saturated carbocycles. The molecule has 4 atom stereocenters. The maximum Gasteiger partial charge on any atom is 0.254 e. The Balaban J connectivity index is 1.43. The average Bonchev–Trinajstić information content (AvgIpc) is 3.37. The summed E-state index contributed by atoms with van der Waals surface area (Å²) in [4.78, 5) is 25.2. The summed E-state index contributed by atoms with van der Waals surface area (Å²) >= 11 is 0. The number of carbonyl (C=O) groups is 2. The zero-order chi connectivity index (χ0) is 17.1. The second kappa shape index (κ2) is 5.08. The first-order chi connectivity index (χ1) is 12.2. The summed E-state index contributed by atoms with van der Waals surface area (Å²) in [6.07, 6.45) is 6.51. The number of nitrogens with zero attached hydrogens (tertiary/aromatic N) is 2. The van der Waals surface area contributed by atoms with Crippen LogP contribution in [0.3, 0.4) is 0 Å². The Labute approximate surface area is 143 Å². The minimum absolute atomic E-state index is 0.133. The van der Waals surface area contributed by atoms with Crippen LogP contribution in [-0.4, -0.2) is 36.9 Å². The standard InChI is InChI=1S/C18H16N2O5/c1-23-12-4-9(5-13-16(12)25-8-24-13)7-19-20-17(21)14-10-2-3-11(6-10)15(14)18(20)22/h2-5,7,10-11,14-15H,6,8H2,1H3. The number of ether oxygens (including phenoxy) is 3. The lowest BCUT2D eigenvalue weighted by molar-refractivity contribution is -0.140. The molecule has 0 aromatic heterocycles. The van der Waals surface area contributed by atoms with E-state index in [1.165, 1.54) is 13.3 Å². The predicted molar refractivity (Wildman–Crippen MR) is 86.3 cm³/mol. The molecule has 2 amide bonds. The van der Waals surface area contributed by atoms with Crippen molar-refractivity contribution in [2.75, 3.05) is 13.9 Å². The lowest BCUT2D eigenvalue weighted by atomic mass is 9.85. The van der Waals surface area contributed by atoms with Crippen LogP contribution < -0.4 is 14.2 Å². The lowest BCUT2D eigenvalue weighted by Crippen LogP contribution is -2.28. The summed E-state index contributed by atoms with van der Waals surface area (Å²) in [6, 6.07) is 3.47. The minimum atomic E-state index is -0.244. The molecule has 1 aromatic rings. The Hall–Kier alpha value is -2.83. The Morgan fingerprint density at radius 2 is 1.88 bits per heavy atom. The molecule has 2 fully saturated rings. The van der Waals surface area contributed by atoms with Crippen molar-refractivity contribution in [2.24, 2.45) is 28.8 Å². The van der Waals surface area contributed by atoms with Crippen molar-refractivity contribution in [3.8, 4) is 17.2 Å². The number of carbonyl (C=O) groups excluding carboxylic acids is 2. The fourth-order valence-corrected chi connectivity index (χ4v) is 4.35. The Morgan fingerprint density at radius 1 is 1.16 bits per heavy atom. The number of rotatable bonds is 3. The highest BCUT2D eigenvalue weighted by molar-refractivity contribution is 6.06. The molecule has 4 unspecified atom stereocenters. The second-order valence-corrected chi connectivity index (χ2v) is 6.69. The molecule has 1 aromatic carbocycles. The number of allylic oxidation sites excluding steroid dienone is 2. The monoisotopic (exact) mass is 340 g/mol. The van der Waals surface area contributed by atoms with Gasteiger partial charge >= 0.3 is 0 Å². The van der Waals surface area contributed by atoms with E-state index < -0.39 is 0 Å². The van der Waals surface area contributed by atoms with Gasteiger partial charge in [0, 0.05) is 5.56 Å². The molecule has 25 heavy (non-hydrogen) atoms. The van der Waals surface area contributed by atoms with E-state index in [9.17, 15) is 9.59 Å². The fourth-order valence-electron chi connectivity index (χ4n) is 4.35. The van der Waals surface area contributed by atoms with Crippen molar-refractivity contribution in [1.29, 1.82) is 0 Å². The van der Waals surface area contributed by atoms with Crippen LogP contribution in [0.4, 0.5) is 0 Å². The summed E-state index contributed by atoms with van der Waals surface area (Å²) in [5.74, 6) is 1.09. The number of fused-ring (bicyclic) bond motifs is 6. The van der Waals surface area contributed by atoms with Gasteiger partial charge in [0.05, 0.1) is 25.2 Å². The van der Waals surface area contributed by atoms with Crippen LogP contribution in [0.1, 0.15) is 12.0 Å². The third kappa shape index (κ3) is 1.95. The van der Waals surface area contributed by atoms with Crippen LogP contribution in [0.5, 0.6) is 17.2 Å². The van der Waals surface area contributed by atoms with Crippen molar-refractivity contribution < 1.29 is 23.8 Å². The highest BCUT2D eigenvalue weighted by Gasteiger charge is 2.59. The zero-order valence-electron chi connectivity index (χ0n) is 13.5. The molecule has 7 heteroatoms. The van der Waals surface area contributed by atoms with Crippen molar-refractivity contribution in [2.45, 2.75) is 6.42 Å². The molecule has 7 nitrogen and oxygen atoms in total. The van der Waals surface area contributed by atoms with Crippen molar-refractivity contribution in [1.82, 2.24) is 5.01 Å². The Kier molecular flexibility index (Phi) is 2.95. The van der Waals surface area contributed by atoms with E-state index in [1.54, 1.807) is 12.1 Å². The maximum atomic E-state index is 12.6. The van der Waals surface area contributed by atoms with Crippen molar-refractivity contribution in [3.05, 3.63) is 29.8 Å². The summed E-state index contributed by atoms with van der Waals surface area (Å²) in [5.41, 5.74) is 0.667. The lowest BCUT2D eigenvalue weighted by Gasteiger charge is -2.13. The van der Waals surface area contributed by atoms with Crippen LogP contribution in [0.25, 0.3) is 0 Å². The van der Waals surface area contributed by atoms with Gasteiger partial charge in [0.25, 0.3) is 11.8 Å². The normalized spacial score (nSPS) is 31.5. The van der Waals surface area contributed by atoms with E-state index in [2.05, 4.69) is 17.3 Å². The molecule has 2 aliphatic carbocycles. The molecule has 2 aliphatic heterocycles. The third-order valence-corrected chi connectivity index (χ3v) is 5.45. The van der Waals surface area contributed by atoms with Gasteiger partial charge in [-0.1, -0.05) is 12.2 Å². The number of amides is 2. The van der Waals surface area contributed by atoms with Gasteiger partial charge in [-0.3, -0.25) is 9.59 Å². The maximum absolute atomic E-state index is 12.6. The van der Waals surface area contributed by atoms with E-state index in [0.29, 0.717) is 22.8 Å². The summed E-state index contributed by atoms with van der Waals surface area (Å²) in [7, 11) is 1.54. The van der Waals surface area contributed by atoms with Crippen LogP contribution in [0.15, 0.2) is 29.4 Å². The zero-order valence-corrected chi connectivity index (χ0v) is 13.5. The summed E-state index contributed by atoms with van der Waals surface area (Å²) in [5, 5.41) is 5.19. The van der Waals surface area contributed by atoms with Gasteiger partial charge in [-0.2, -0.15) is 10.1 Å². The van der Waals surface area contributed by atoms with Gasteiger partial charge in [-0.15, -0.1) is 0 Å². The minimum Gasteiger partial charge on any atom is -0.493 e. The van der Waals surface area contributed by atoms with Crippen LogP contribution >= 0.6 is 0 Å². The van der Waals surface area contributed by atoms with Crippen LogP contribution in [-0.2, 0) is 9.59 Å². The number of hydrazone groups is 1. The molecular formula is C18H16N2O5. The quantitative estimate of drug-likeness (QED) is 0.474. The molecular weight excluding hydrogens is 324 g/mol.